The summed E-state index contributed by atoms with van der Waals surface area (Å²) in [4.78, 5) is 23.8. The van der Waals surface area contributed by atoms with Gasteiger partial charge in [-0.05, 0) is 37.0 Å². The first kappa shape index (κ1) is 22.0. The maximum absolute atomic E-state index is 12.8. The molecule has 1 N–H and O–H groups in total. The molecule has 0 spiro atoms. The molecule has 3 aromatic rings. The lowest BCUT2D eigenvalue weighted by molar-refractivity contribution is -0.488. The van der Waals surface area contributed by atoms with E-state index in [1.54, 1.807) is 18.2 Å². The van der Waals surface area contributed by atoms with E-state index in [2.05, 4.69) is 5.32 Å². The number of benzene rings is 3. The Morgan fingerprint density at radius 1 is 0.903 bits per heavy atom. The number of carbonyl (C=O) groups is 1. The Hall–Kier alpha value is -3.73. The van der Waals surface area contributed by atoms with Crippen molar-refractivity contribution in [2.75, 3.05) is 11.9 Å². The number of ketones is 1. The van der Waals surface area contributed by atoms with Crippen molar-refractivity contribution in [2.24, 2.45) is 5.92 Å². The van der Waals surface area contributed by atoms with Gasteiger partial charge in [0.05, 0.1) is 0 Å². The predicted octanol–water partition coefficient (Wildman–Crippen LogP) is 5.78. The largest absolute Gasteiger partial charge is 0.359 e. The highest BCUT2D eigenvalue weighted by molar-refractivity contribution is 6.05. The summed E-state index contributed by atoms with van der Waals surface area (Å²) in [5.74, 6) is -0.316. The second kappa shape index (κ2) is 11.5. The zero-order chi connectivity index (χ0) is 21.9. The Morgan fingerprint density at radius 2 is 1.48 bits per heavy atom. The molecule has 0 aromatic heterocycles. The van der Waals surface area contributed by atoms with Crippen molar-refractivity contribution >= 4 is 11.5 Å². The van der Waals surface area contributed by atoms with Crippen molar-refractivity contribution < 1.29 is 9.72 Å². The highest BCUT2D eigenvalue weighted by atomic mass is 16.6. The van der Waals surface area contributed by atoms with Crippen molar-refractivity contribution in [3.8, 4) is 0 Å². The van der Waals surface area contributed by atoms with Gasteiger partial charge in [-0.15, -0.1) is 0 Å². The Balaban J connectivity index is 1.80. The van der Waals surface area contributed by atoms with Gasteiger partial charge in [-0.3, -0.25) is 14.9 Å². The molecule has 5 nitrogen and oxygen atoms in total. The van der Waals surface area contributed by atoms with E-state index in [1.807, 2.05) is 78.9 Å². The average molecular weight is 415 g/mol. The van der Waals surface area contributed by atoms with Crippen LogP contribution in [0.5, 0.6) is 0 Å². The van der Waals surface area contributed by atoms with Crippen LogP contribution in [-0.4, -0.2) is 17.3 Å². The summed E-state index contributed by atoms with van der Waals surface area (Å²) in [6.07, 6.45) is 3.40. The molecule has 0 fully saturated rings. The number of anilines is 1. The van der Waals surface area contributed by atoms with Crippen LogP contribution in [0.25, 0.3) is 0 Å². The molecular formula is C26H26N2O3. The first-order chi connectivity index (χ1) is 15.1. The predicted molar refractivity (Wildman–Crippen MR) is 124 cm³/mol. The molecule has 0 radical (unpaired) electrons. The topological polar surface area (TPSA) is 72.2 Å². The lowest BCUT2D eigenvalue weighted by Gasteiger charge is -2.17. The third-order valence-corrected chi connectivity index (χ3v) is 5.04. The van der Waals surface area contributed by atoms with Crippen molar-refractivity contribution in [1.29, 1.82) is 0 Å². The fourth-order valence-electron chi connectivity index (χ4n) is 3.49. The summed E-state index contributed by atoms with van der Waals surface area (Å²) in [6, 6.07) is 28.5. The number of hydrogen-bond donors (Lipinski definition) is 1. The van der Waals surface area contributed by atoms with Crippen LogP contribution < -0.4 is 5.32 Å². The van der Waals surface area contributed by atoms with Gasteiger partial charge in [0, 0.05) is 33.9 Å². The molecule has 1 atom stereocenters. The molecule has 0 saturated carbocycles. The fraction of sp³-hybridized carbons (Fsp3) is 0.192. The maximum Gasteiger partial charge on any atom is 0.207 e. The Bertz CT molecular complexity index is 1000. The van der Waals surface area contributed by atoms with Gasteiger partial charge in [-0.25, -0.2) is 0 Å². The second-order valence-electron chi connectivity index (χ2n) is 7.50. The van der Waals surface area contributed by atoms with Gasteiger partial charge in [0.1, 0.15) is 0 Å². The summed E-state index contributed by atoms with van der Waals surface area (Å²) in [5, 5.41) is 14.6. The highest BCUT2D eigenvalue weighted by Crippen LogP contribution is 2.21. The molecule has 0 aliphatic heterocycles. The number of nitrogens with one attached hydrogen (secondary N) is 1. The summed E-state index contributed by atoms with van der Waals surface area (Å²) in [7, 11) is 0. The fourth-order valence-corrected chi connectivity index (χ4v) is 3.49. The number of rotatable bonds is 11. The van der Waals surface area contributed by atoms with Crippen molar-refractivity contribution in [3.05, 3.63) is 124 Å². The van der Waals surface area contributed by atoms with Crippen LogP contribution in [0.2, 0.25) is 0 Å². The van der Waals surface area contributed by atoms with Crippen LogP contribution >= 0.6 is 0 Å². The number of aryl methyl sites for hydroxylation is 1. The molecule has 1 unspecified atom stereocenters. The minimum absolute atomic E-state index is 0.123. The first-order valence-corrected chi connectivity index (χ1v) is 10.4. The molecule has 0 heterocycles. The van der Waals surface area contributed by atoms with Crippen molar-refractivity contribution in [2.45, 2.75) is 19.3 Å². The van der Waals surface area contributed by atoms with Gasteiger partial charge in [0.25, 0.3) is 0 Å². The molecule has 3 rings (SSSR count). The van der Waals surface area contributed by atoms with Gasteiger partial charge in [0.15, 0.2) is 5.78 Å². The number of nitrogens with zero attached hydrogens (tertiary/aromatic N) is 1. The van der Waals surface area contributed by atoms with E-state index in [0.717, 1.165) is 17.7 Å². The van der Waals surface area contributed by atoms with Crippen molar-refractivity contribution in [3.63, 3.8) is 0 Å². The summed E-state index contributed by atoms with van der Waals surface area (Å²) in [5.41, 5.74) is 3.26. The standard InChI is InChI=1S/C26H26N2O3/c29-26(23-12-6-2-7-13-23)19-25(27-24-14-8-3-9-15-24)18-22(20-28(30)31)17-16-21-10-4-1-5-11-21/h1-15,19,22,27H,16-18,20H2/b25-19-. The molecule has 3 aromatic carbocycles. The van der Waals surface area contributed by atoms with Gasteiger partial charge in [-0.2, -0.15) is 0 Å². The third-order valence-electron chi connectivity index (χ3n) is 5.04. The van der Waals surface area contributed by atoms with E-state index < -0.39 is 0 Å². The number of nitro groups is 1. The van der Waals surface area contributed by atoms with E-state index in [-0.39, 0.29) is 23.2 Å². The molecule has 0 aliphatic rings. The molecular weight excluding hydrogens is 388 g/mol. The Kier molecular flexibility index (Phi) is 8.12. The van der Waals surface area contributed by atoms with E-state index in [9.17, 15) is 14.9 Å². The van der Waals surface area contributed by atoms with E-state index in [0.29, 0.717) is 24.1 Å². The molecule has 0 saturated heterocycles. The Morgan fingerprint density at radius 3 is 2.10 bits per heavy atom. The lowest BCUT2D eigenvalue weighted by atomic mass is 9.94. The number of carbonyl (C=O) groups excluding carboxylic acids is 1. The normalized spacial score (nSPS) is 12.2. The van der Waals surface area contributed by atoms with Crippen LogP contribution in [-0.2, 0) is 6.42 Å². The van der Waals surface area contributed by atoms with Gasteiger partial charge in [-0.1, -0.05) is 78.9 Å². The third kappa shape index (κ3) is 7.55. The minimum Gasteiger partial charge on any atom is -0.359 e. The average Bonchev–Trinajstić information content (AvgIpc) is 2.79. The molecule has 158 valence electrons. The Labute approximate surface area is 182 Å². The van der Waals surface area contributed by atoms with Gasteiger partial charge in [0.2, 0.25) is 6.54 Å². The zero-order valence-corrected chi connectivity index (χ0v) is 17.3. The van der Waals surface area contributed by atoms with E-state index in [1.165, 1.54) is 0 Å². The molecule has 0 aliphatic carbocycles. The number of allylic oxidation sites excluding steroid dienone is 2. The first-order valence-electron chi connectivity index (χ1n) is 10.4. The smallest absolute Gasteiger partial charge is 0.207 e. The zero-order valence-electron chi connectivity index (χ0n) is 17.3. The molecule has 5 heteroatoms. The van der Waals surface area contributed by atoms with Crippen LogP contribution in [0, 0.1) is 16.0 Å². The number of hydrogen-bond acceptors (Lipinski definition) is 4. The SMILES string of the molecule is O=C(/C=C(/CC(CCc1ccccc1)C[N+](=O)[O-])Nc1ccccc1)c1ccccc1. The van der Waals surface area contributed by atoms with E-state index >= 15 is 0 Å². The summed E-state index contributed by atoms with van der Waals surface area (Å²) >= 11 is 0. The lowest BCUT2D eigenvalue weighted by Crippen LogP contribution is -2.18. The molecule has 0 bridgehead atoms. The quantitative estimate of drug-likeness (QED) is 0.187. The summed E-state index contributed by atoms with van der Waals surface area (Å²) in [6.45, 7) is -0.139. The highest BCUT2D eigenvalue weighted by Gasteiger charge is 2.19. The van der Waals surface area contributed by atoms with Crippen LogP contribution in [0.3, 0.4) is 0 Å². The van der Waals surface area contributed by atoms with Gasteiger partial charge >= 0.3 is 0 Å². The van der Waals surface area contributed by atoms with Crippen LogP contribution in [0.1, 0.15) is 28.8 Å². The van der Waals surface area contributed by atoms with Crippen LogP contribution in [0.4, 0.5) is 5.69 Å². The van der Waals surface area contributed by atoms with Gasteiger partial charge < -0.3 is 5.32 Å². The van der Waals surface area contributed by atoms with Crippen molar-refractivity contribution in [1.82, 2.24) is 0 Å². The molecule has 31 heavy (non-hydrogen) atoms. The summed E-state index contributed by atoms with van der Waals surface area (Å²) < 4.78 is 0. The second-order valence-corrected chi connectivity index (χ2v) is 7.50. The van der Waals surface area contributed by atoms with Crippen LogP contribution in [0.15, 0.2) is 103 Å². The number of para-hydroxylation sites is 1. The van der Waals surface area contributed by atoms with E-state index in [4.69, 9.17) is 0 Å². The molecule has 0 amide bonds. The monoisotopic (exact) mass is 414 g/mol. The minimum atomic E-state index is -0.269. The maximum atomic E-state index is 12.8.